The van der Waals surface area contributed by atoms with Crippen LogP contribution < -0.4 is 20.9 Å². The van der Waals surface area contributed by atoms with Crippen molar-refractivity contribution in [1.29, 1.82) is 0 Å². The highest BCUT2D eigenvalue weighted by Gasteiger charge is 2.41. The minimum absolute atomic E-state index is 0.191. The summed E-state index contributed by atoms with van der Waals surface area (Å²) in [6.07, 6.45) is 11.6. The van der Waals surface area contributed by atoms with Crippen molar-refractivity contribution in [3.63, 3.8) is 0 Å². The first-order valence-electron chi connectivity index (χ1n) is 17.7. The van der Waals surface area contributed by atoms with Gasteiger partial charge in [0.2, 0.25) is 11.8 Å². The Hall–Kier alpha value is -5.17. The molecule has 0 spiro atoms. The van der Waals surface area contributed by atoms with Crippen molar-refractivity contribution in [3.05, 3.63) is 65.6 Å². The van der Waals surface area contributed by atoms with Crippen LogP contribution in [0.2, 0.25) is 0 Å². The molecule has 13 nitrogen and oxygen atoms in total. The van der Waals surface area contributed by atoms with Crippen LogP contribution in [-0.2, 0) is 9.59 Å². The van der Waals surface area contributed by atoms with E-state index in [0.717, 1.165) is 61.1 Å². The highest BCUT2D eigenvalue weighted by molar-refractivity contribution is 6.23. The Balaban J connectivity index is 0.798. The number of benzene rings is 2. The largest absolute Gasteiger partial charge is 0.385 e. The van der Waals surface area contributed by atoms with Crippen molar-refractivity contribution in [3.8, 4) is 11.3 Å². The molecule has 4 aliphatic heterocycles. The summed E-state index contributed by atoms with van der Waals surface area (Å²) < 4.78 is 2.07. The van der Waals surface area contributed by atoms with E-state index >= 15 is 0 Å². The fourth-order valence-electron chi connectivity index (χ4n) is 8.64. The molecular formula is C37H39N9O4. The van der Waals surface area contributed by atoms with Crippen LogP contribution in [0.25, 0.3) is 22.3 Å². The third-order valence-corrected chi connectivity index (χ3v) is 11.5. The second-order valence-electron chi connectivity index (χ2n) is 14.6. The van der Waals surface area contributed by atoms with E-state index in [1.165, 1.54) is 12.1 Å². The van der Waals surface area contributed by atoms with Crippen molar-refractivity contribution >= 4 is 46.0 Å². The van der Waals surface area contributed by atoms with E-state index in [2.05, 4.69) is 61.9 Å². The highest BCUT2D eigenvalue weighted by Crippen LogP contribution is 2.41. The highest BCUT2D eigenvalue weighted by atomic mass is 16.2. The van der Waals surface area contributed by atoms with Gasteiger partial charge in [-0.3, -0.25) is 44.4 Å². The molecule has 3 N–H and O–H groups in total. The van der Waals surface area contributed by atoms with Crippen LogP contribution in [0.5, 0.6) is 0 Å². The van der Waals surface area contributed by atoms with E-state index in [1.807, 2.05) is 12.4 Å². The van der Waals surface area contributed by atoms with Gasteiger partial charge in [-0.05, 0) is 87.4 Å². The monoisotopic (exact) mass is 673 g/mol. The maximum absolute atomic E-state index is 12.6. The first-order chi connectivity index (χ1) is 24.3. The Kier molecular flexibility index (Phi) is 7.41. The first kappa shape index (κ1) is 30.9. The quantitative estimate of drug-likeness (QED) is 0.177. The lowest BCUT2D eigenvalue weighted by atomic mass is 9.77. The number of likely N-dealkylation sites (N-methyl/N-ethyl adjacent to an activating group) is 1. The molecule has 1 saturated carbocycles. The van der Waals surface area contributed by atoms with Gasteiger partial charge in [0.05, 0.1) is 52.2 Å². The Labute approximate surface area is 288 Å². The lowest BCUT2D eigenvalue weighted by Gasteiger charge is -2.35. The molecule has 13 heteroatoms. The minimum Gasteiger partial charge on any atom is -0.385 e. The van der Waals surface area contributed by atoms with Gasteiger partial charge in [-0.15, -0.1) is 0 Å². The van der Waals surface area contributed by atoms with Crippen LogP contribution in [0, 0.1) is 5.92 Å². The molecule has 3 atom stereocenters. The zero-order valence-corrected chi connectivity index (χ0v) is 27.9. The van der Waals surface area contributed by atoms with Crippen molar-refractivity contribution in [1.82, 2.24) is 35.3 Å². The van der Waals surface area contributed by atoms with E-state index < -0.39 is 23.6 Å². The lowest BCUT2D eigenvalue weighted by molar-refractivity contribution is -0.134. The molecule has 256 valence electrons. The number of piperidine rings is 1. The number of amides is 4. The van der Waals surface area contributed by atoms with Crippen molar-refractivity contribution in [2.45, 2.75) is 69.0 Å². The van der Waals surface area contributed by atoms with E-state index in [9.17, 15) is 19.2 Å². The molecule has 4 fully saturated rings. The number of carbonyl (C=O) groups excluding carboxylic acids is 4. The summed E-state index contributed by atoms with van der Waals surface area (Å²) in [6, 6.07) is 11.5. The van der Waals surface area contributed by atoms with Gasteiger partial charge in [0, 0.05) is 61.3 Å². The topological polar surface area (TPSA) is 154 Å². The maximum atomic E-state index is 12.6. The third-order valence-electron chi connectivity index (χ3n) is 11.5. The van der Waals surface area contributed by atoms with E-state index in [1.54, 1.807) is 12.1 Å². The zero-order valence-electron chi connectivity index (χ0n) is 27.9. The van der Waals surface area contributed by atoms with Crippen LogP contribution in [0.1, 0.15) is 83.2 Å². The van der Waals surface area contributed by atoms with Gasteiger partial charge in [-0.25, -0.2) is 4.98 Å². The summed E-state index contributed by atoms with van der Waals surface area (Å²) in [7, 11) is 2.22. The predicted molar refractivity (Wildman–Crippen MR) is 186 cm³/mol. The number of fused-ring (bicyclic) bond motifs is 4. The molecule has 3 saturated heterocycles. The summed E-state index contributed by atoms with van der Waals surface area (Å²) in [6.45, 7) is 2.87. The van der Waals surface area contributed by atoms with Crippen molar-refractivity contribution in [2.75, 3.05) is 36.9 Å². The second kappa shape index (κ2) is 12.0. The minimum atomic E-state index is -0.659. The first-order valence-corrected chi connectivity index (χ1v) is 17.7. The fraction of sp³-hybridized carbons (Fsp3) is 0.432. The summed E-state index contributed by atoms with van der Waals surface area (Å²) in [4.78, 5) is 64.1. The molecule has 4 aromatic rings. The summed E-state index contributed by atoms with van der Waals surface area (Å²) >= 11 is 0. The SMILES string of the molecule is CN1C[C@H]2C[C@@H]1CN2c1ccc2ncc(-c3cnn(C4CC(CCCNc5cc6c(c(C7CCC(=O)NC7=O)c5)C(=O)NC6=O)C4)c3)nc2c1. The Morgan fingerprint density at radius 3 is 2.60 bits per heavy atom. The number of imide groups is 2. The number of carbonyl (C=O) groups is 4. The van der Waals surface area contributed by atoms with Crippen LogP contribution in [-0.4, -0.2) is 87.0 Å². The molecule has 2 aromatic heterocycles. The number of nitrogens with zero attached hydrogens (tertiary/aromatic N) is 6. The number of aromatic nitrogens is 4. The van der Waals surface area contributed by atoms with Gasteiger partial charge >= 0.3 is 0 Å². The smallest absolute Gasteiger partial charge is 0.259 e. The van der Waals surface area contributed by atoms with Gasteiger partial charge in [0.1, 0.15) is 0 Å². The van der Waals surface area contributed by atoms with Gasteiger partial charge in [0.15, 0.2) is 0 Å². The molecule has 2 aromatic carbocycles. The van der Waals surface area contributed by atoms with E-state index in [4.69, 9.17) is 15.1 Å². The van der Waals surface area contributed by atoms with E-state index in [-0.39, 0.29) is 23.5 Å². The lowest BCUT2D eigenvalue weighted by Crippen LogP contribution is -2.44. The van der Waals surface area contributed by atoms with Gasteiger partial charge in [-0.1, -0.05) is 0 Å². The van der Waals surface area contributed by atoms with Gasteiger partial charge in [0.25, 0.3) is 11.8 Å². The molecule has 1 aliphatic carbocycles. The average Bonchev–Trinajstić information content (AvgIpc) is 3.87. The molecule has 0 radical (unpaired) electrons. The number of nitrogens with one attached hydrogen (secondary N) is 3. The zero-order chi connectivity index (χ0) is 34.1. The molecule has 2 bridgehead atoms. The molecule has 4 amide bonds. The normalized spacial score (nSPS) is 25.9. The molecule has 5 aliphatic rings. The third kappa shape index (κ3) is 5.40. The summed E-state index contributed by atoms with van der Waals surface area (Å²) in [5, 5.41) is 12.8. The van der Waals surface area contributed by atoms with Crippen molar-refractivity contribution < 1.29 is 19.2 Å². The van der Waals surface area contributed by atoms with Crippen LogP contribution in [0.3, 0.4) is 0 Å². The van der Waals surface area contributed by atoms with Gasteiger partial charge < -0.3 is 10.2 Å². The molecule has 9 rings (SSSR count). The van der Waals surface area contributed by atoms with Crippen molar-refractivity contribution in [2.24, 2.45) is 5.92 Å². The summed E-state index contributed by atoms with van der Waals surface area (Å²) in [5.41, 5.74) is 6.51. The van der Waals surface area contributed by atoms with E-state index in [0.29, 0.717) is 48.3 Å². The Bertz CT molecular complexity index is 2070. The second-order valence-corrected chi connectivity index (χ2v) is 14.6. The number of hydrogen-bond donors (Lipinski definition) is 3. The predicted octanol–water partition coefficient (Wildman–Crippen LogP) is 3.63. The Morgan fingerprint density at radius 2 is 1.80 bits per heavy atom. The molecular weight excluding hydrogens is 634 g/mol. The maximum Gasteiger partial charge on any atom is 0.259 e. The number of anilines is 2. The van der Waals surface area contributed by atoms with Gasteiger partial charge in [-0.2, -0.15) is 5.10 Å². The average molecular weight is 674 g/mol. The van der Waals surface area contributed by atoms with Crippen LogP contribution in [0.15, 0.2) is 48.9 Å². The van der Waals surface area contributed by atoms with Crippen LogP contribution >= 0.6 is 0 Å². The Morgan fingerprint density at radius 1 is 0.920 bits per heavy atom. The molecule has 1 unspecified atom stereocenters. The molecule has 6 heterocycles. The number of hydrogen-bond acceptors (Lipinski definition) is 10. The number of rotatable bonds is 9. The number of likely N-dealkylation sites (tertiary alicyclic amines) is 1. The van der Waals surface area contributed by atoms with Crippen LogP contribution in [0.4, 0.5) is 11.4 Å². The standard InChI is InChI=1S/C37H39N9O4/c1-44-18-26-13-25(44)19-45(26)23-4-6-30-31(14-23)41-32(16-39-30)21-15-40-46(17-21)24-9-20(10-24)3-2-8-38-22-11-28(27-5-7-33(47)42-35(27)48)34-29(12-22)36(49)43-37(34)50/h4,6,11-12,14-17,20,24-27,38H,2-3,5,7-10,13,18-19H2,1H3,(H,42,47,48)(H,43,49,50)/t20?,24?,25-,26-,27?/m1/s1. The fourth-order valence-corrected chi connectivity index (χ4v) is 8.64. The number of piperazine rings is 1. The summed E-state index contributed by atoms with van der Waals surface area (Å²) in [5.74, 6) is -1.80. The molecule has 50 heavy (non-hydrogen) atoms.